The van der Waals surface area contributed by atoms with Crippen LogP contribution in [0.5, 0.6) is 11.5 Å². The molecule has 12 nitrogen and oxygen atoms in total. The number of nitrogens with one attached hydrogen (secondary N) is 2. The van der Waals surface area contributed by atoms with Gasteiger partial charge in [-0.15, -0.1) is 0 Å². The largest absolute Gasteiger partial charge is 0.490 e. The van der Waals surface area contributed by atoms with Crippen LogP contribution in [0.3, 0.4) is 0 Å². The van der Waals surface area contributed by atoms with Gasteiger partial charge in [-0.3, -0.25) is 0 Å². The molecule has 2 aromatic carbocycles. The van der Waals surface area contributed by atoms with Gasteiger partial charge in [0.2, 0.25) is 0 Å². The number of amides is 2. The lowest BCUT2D eigenvalue weighted by Gasteiger charge is -2.30. The lowest BCUT2D eigenvalue weighted by molar-refractivity contribution is -0.143. The highest BCUT2D eigenvalue weighted by Crippen LogP contribution is 2.51. The maximum absolute atomic E-state index is 12.9. The second kappa shape index (κ2) is 18.8. The van der Waals surface area contributed by atoms with Crippen LogP contribution in [0.15, 0.2) is 72.8 Å². The molecule has 4 unspecified atom stereocenters. The van der Waals surface area contributed by atoms with Crippen molar-refractivity contribution in [3.8, 4) is 11.5 Å². The molecule has 0 heterocycles. The van der Waals surface area contributed by atoms with Crippen LogP contribution >= 0.6 is 0 Å². The maximum Gasteiger partial charge on any atom is 0.407 e. The molecule has 0 radical (unpaired) electrons. The van der Waals surface area contributed by atoms with Gasteiger partial charge in [-0.1, -0.05) is 48.6 Å². The summed E-state index contributed by atoms with van der Waals surface area (Å²) in [5, 5.41) is 5.76. The molecule has 2 amide bonds. The maximum atomic E-state index is 12.9. The van der Waals surface area contributed by atoms with Gasteiger partial charge in [-0.25, -0.2) is 19.2 Å². The van der Waals surface area contributed by atoms with Crippen molar-refractivity contribution in [3.05, 3.63) is 84.0 Å². The molecule has 12 heteroatoms. The van der Waals surface area contributed by atoms with Crippen LogP contribution in [-0.2, 0) is 28.5 Å². The van der Waals surface area contributed by atoms with Gasteiger partial charge >= 0.3 is 24.1 Å². The van der Waals surface area contributed by atoms with E-state index in [0.29, 0.717) is 36.4 Å². The SMILES string of the molecule is C=C(C)C(=O)OCC(COc1ccc(C)cc1)OC(=O)NCC1CC2CC(CNC(=O)OC(COC(=O)C(=C)C)COc3ccc(C)cc3)C1C2. The minimum atomic E-state index is -0.840. The summed E-state index contributed by atoms with van der Waals surface area (Å²) in [6, 6.07) is 14.9. The minimum Gasteiger partial charge on any atom is -0.490 e. The second-order valence-electron chi connectivity index (χ2n) is 13.6. The predicted molar refractivity (Wildman–Crippen MR) is 189 cm³/mol. The zero-order chi connectivity index (χ0) is 36.9. The Kier molecular flexibility index (Phi) is 14.3. The van der Waals surface area contributed by atoms with E-state index in [-0.39, 0.29) is 49.4 Å². The lowest BCUT2D eigenvalue weighted by Crippen LogP contribution is -2.41. The van der Waals surface area contributed by atoms with E-state index in [4.69, 9.17) is 28.4 Å². The molecule has 2 aromatic rings. The molecule has 276 valence electrons. The Bertz CT molecular complexity index is 1410. The number of hydrogen-bond donors (Lipinski definition) is 2. The quantitative estimate of drug-likeness (QED) is 0.110. The molecule has 0 aliphatic heterocycles. The fraction of sp³-hybridized carbons (Fsp3) is 0.487. The lowest BCUT2D eigenvalue weighted by atomic mass is 9.80. The van der Waals surface area contributed by atoms with E-state index < -0.39 is 36.3 Å². The third-order valence-electron chi connectivity index (χ3n) is 9.06. The standard InChI is InChI=1S/C39H50N2O10/c1-24(2)36(42)48-22-33(20-46-31-11-7-26(5)8-12-31)50-38(44)40-18-29-15-28-16-30(35(29)17-28)19-41-39(45)51-34(23-49-37(43)25(3)4)21-47-32-13-9-27(6)10-14-32/h7-14,28-30,33-35H,1,3,15-23H2,2,4-6H3,(H,40,44)(H,41,45). The first-order valence-electron chi connectivity index (χ1n) is 17.3. The summed E-state index contributed by atoms with van der Waals surface area (Å²) in [7, 11) is 0. The molecule has 51 heavy (non-hydrogen) atoms. The Labute approximate surface area is 299 Å². The van der Waals surface area contributed by atoms with Crippen LogP contribution in [0.4, 0.5) is 9.59 Å². The van der Waals surface area contributed by atoms with Crippen molar-refractivity contribution in [3.63, 3.8) is 0 Å². The average molecular weight is 707 g/mol. The molecule has 2 saturated carbocycles. The van der Waals surface area contributed by atoms with Gasteiger partial charge in [-0.05, 0) is 94.9 Å². The monoisotopic (exact) mass is 706 g/mol. The van der Waals surface area contributed by atoms with Crippen molar-refractivity contribution >= 4 is 24.1 Å². The second-order valence-corrected chi connectivity index (χ2v) is 13.6. The number of rotatable bonds is 18. The van der Waals surface area contributed by atoms with Crippen LogP contribution in [0.1, 0.15) is 44.2 Å². The van der Waals surface area contributed by atoms with E-state index >= 15 is 0 Å². The first-order valence-corrected chi connectivity index (χ1v) is 17.3. The summed E-state index contributed by atoms with van der Waals surface area (Å²) in [6.45, 7) is 14.6. The van der Waals surface area contributed by atoms with Crippen LogP contribution in [0.25, 0.3) is 0 Å². The molecule has 4 rings (SSSR count). The van der Waals surface area contributed by atoms with Crippen molar-refractivity contribution in [2.45, 2.75) is 59.2 Å². The van der Waals surface area contributed by atoms with Crippen LogP contribution in [-0.4, -0.2) is 75.9 Å². The summed E-state index contributed by atoms with van der Waals surface area (Å²) in [5.74, 6) is 1.25. The Morgan fingerprint density at radius 3 is 1.39 bits per heavy atom. The summed E-state index contributed by atoms with van der Waals surface area (Å²) in [4.78, 5) is 49.7. The highest BCUT2D eigenvalue weighted by molar-refractivity contribution is 5.87. The normalized spacial score (nSPS) is 19.9. The molecule has 0 saturated heterocycles. The molecular formula is C39H50N2O10. The number of aryl methyl sites for hydroxylation is 2. The molecule has 2 bridgehead atoms. The number of ether oxygens (including phenoxy) is 6. The van der Waals surface area contributed by atoms with E-state index in [9.17, 15) is 19.2 Å². The molecule has 2 fully saturated rings. The number of esters is 2. The predicted octanol–water partition coefficient (Wildman–Crippen LogP) is 5.85. The first kappa shape index (κ1) is 38.8. The van der Waals surface area contributed by atoms with Gasteiger partial charge in [0, 0.05) is 24.2 Å². The number of carbonyl (C=O) groups is 4. The molecule has 2 aliphatic rings. The number of benzene rings is 2. The van der Waals surface area contributed by atoms with Gasteiger partial charge in [0.25, 0.3) is 0 Å². The van der Waals surface area contributed by atoms with Crippen molar-refractivity contribution in [2.24, 2.45) is 23.7 Å². The van der Waals surface area contributed by atoms with Crippen molar-refractivity contribution < 1.29 is 47.6 Å². The topological polar surface area (TPSA) is 148 Å². The van der Waals surface area contributed by atoms with E-state index in [1.807, 2.05) is 62.4 Å². The van der Waals surface area contributed by atoms with Crippen molar-refractivity contribution in [1.29, 1.82) is 0 Å². The highest BCUT2D eigenvalue weighted by Gasteiger charge is 2.46. The van der Waals surface area contributed by atoms with E-state index in [1.54, 1.807) is 13.8 Å². The molecule has 2 N–H and O–H groups in total. The molecule has 0 spiro atoms. The minimum absolute atomic E-state index is 0.00676. The van der Waals surface area contributed by atoms with E-state index in [0.717, 1.165) is 30.4 Å². The van der Waals surface area contributed by atoms with E-state index in [1.165, 1.54) is 0 Å². The molecule has 4 atom stereocenters. The summed E-state index contributed by atoms with van der Waals surface area (Å²) in [6.07, 6.45) is -0.00181. The Hall–Kier alpha value is -5.00. The third-order valence-corrected chi connectivity index (χ3v) is 9.06. The average Bonchev–Trinajstić information content (AvgIpc) is 3.70. The van der Waals surface area contributed by atoms with Gasteiger partial charge in [0.05, 0.1) is 0 Å². The number of fused-ring (bicyclic) bond motifs is 2. The van der Waals surface area contributed by atoms with Crippen molar-refractivity contribution in [1.82, 2.24) is 10.6 Å². The Morgan fingerprint density at radius 2 is 1.04 bits per heavy atom. The summed E-state index contributed by atoms with van der Waals surface area (Å²) < 4.78 is 33.3. The zero-order valence-corrected chi connectivity index (χ0v) is 29.9. The third kappa shape index (κ3) is 12.7. The fourth-order valence-corrected chi connectivity index (χ4v) is 6.40. The van der Waals surface area contributed by atoms with E-state index in [2.05, 4.69) is 23.8 Å². The van der Waals surface area contributed by atoms with Gasteiger partial charge in [0.1, 0.15) is 37.9 Å². The van der Waals surface area contributed by atoms with Gasteiger partial charge < -0.3 is 39.1 Å². The summed E-state index contributed by atoms with van der Waals surface area (Å²) in [5.41, 5.74) is 2.63. The highest BCUT2D eigenvalue weighted by atomic mass is 16.6. The first-order chi connectivity index (χ1) is 24.4. The van der Waals surface area contributed by atoms with Crippen LogP contribution in [0.2, 0.25) is 0 Å². The number of carbonyl (C=O) groups excluding carboxylic acids is 4. The number of hydrogen-bond acceptors (Lipinski definition) is 10. The zero-order valence-electron chi connectivity index (χ0n) is 29.9. The molecule has 2 aliphatic carbocycles. The van der Waals surface area contributed by atoms with Gasteiger partial charge in [0.15, 0.2) is 12.2 Å². The van der Waals surface area contributed by atoms with Crippen molar-refractivity contribution in [2.75, 3.05) is 39.5 Å². The molecular weight excluding hydrogens is 656 g/mol. The Morgan fingerprint density at radius 1 is 0.647 bits per heavy atom. The van der Waals surface area contributed by atoms with Crippen LogP contribution < -0.4 is 20.1 Å². The fourth-order valence-electron chi connectivity index (χ4n) is 6.40. The smallest absolute Gasteiger partial charge is 0.407 e. The number of alkyl carbamates (subject to hydrolysis) is 2. The molecule has 0 aromatic heterocycles. The van der Waals surface area contributed by atoms with Crippen LogP contribution in [0, 0.1) is 37.5 Å². The summed E-state index contributed by atoms with van der Waals surface area (Å²) >= 11 is 0. The Balaban J connectivity index is 1.24. The van der Waals surface area contributed by atoms with Gasteiger partial charge in [-0.2, -0.15) is 0 Å².